The van der Waals surface area contributed by atoms with Crippen molar-refractivity contribution >= 4 is 39.1 Å². The Morgan fingerprint density at radius 2 is 1.50 bits per heavy atom. The Balaban J connectivity index is 1.71. The van der Waals surface area contributed by atoms with Crippen molar-refractivity contribution in [1.29, 1.82) is 0 Å². The fourth-order valence-electron chi connectivity index (χ4n) is 2.72. The van der Waals surface area contributed by atoms with E-state index in [4.69, 9.17) is 23.2 Å². The van der Waals surface area contributed by atoms with E-state index in [2.05, 4.69) is 0 Å². The van der Waals surface area contributed by atoms with Crippen LogP contribution in [-0.4, -0.2) is 49.7 Å². The number of benzene rings is 2. The largest absolute Gasteiger partial charge is 0.336 e. The van der Waals surface area contributed by atoms with E-state index >= 15 is 0 Å². The Bertz CT molecular complexity index is 928. The summed E-state index contributed by atoms with van der Waals surface area (Å²) < 4.78 is 40.5. The molecule has 0 aliphatic carbocycles. The predicted molar refractivity (Wildman–Crippen MR) is 97.5 cm³/mol. The van der Waals surface area contributed by atoms with Crippen molar-refractivity contribution < 1.29 is 17.6 Å². The maximum atomic E-state index is 13.9. The minimum atomic E-state index is -3.67. The van der Waals surface area contributed by atoms with Crippen molar-refractivity contribution in [2.75, 3.05) is 26.2 Å². The molecule has 0 saturated carbocycles. The topological polar surface area (TPSA) is 57.7 Å². The lowest BCUT2D eigenvalue weighted by molar-refractivity contribution is 0.0693. The number of rotatable bonds is 3. The average Bonchev–Trinajstić information content (AvgIpc) is 2.63. The SMILES string of the molecule is O=C(c1cc(Cl)ccc1F)N1CCN(S(=O)(=O)c2ccc(Cl)cc2)CC1. The van der Waals surface area contributed by atoms with Gasteiger partial charge in [-0.3, -0.25) is 4.79 Å². The fourth-order valence-corrected chi connectivity index (χ4v) is 4.44. The Hall–Kier alpha value is -1.67. The van der Waals surface area contributed by atoms with E-state index in [0.29, 0.717) is 5.02 Å². The minimum absolute atomic E-state index is 0.119. The van der Waals surface area contributed by atoms with Crippen LogP contribution in [0, 0.1) is 5.82 Å². The normalized spacial score (nSPS) is 15.9. The van der Waals surface area contributed by atoms with Gasteiger partial charge in [0.1, 0.15) is 5.82 Å². The number of sulfonamides is 1. The third-order valence-corrected chi connectivity index (χ3v) is 6.54. The average molecular weight is 417 g/mol. The fraction of sp³-hybridized carbons (Fsp3) is 0.235. The lowest BCUT2D eigenvalue weighted by atomic mass is 10.1. The van der Waals surface area contributed by atoms with Crippen LogP contribution in [0.4, 0.5) is 4.39 Å². The number of hydrogen-bond donors (Lipinski definition) is 0. The zero-order chi connectivity index (χ0) is 18.9. The highest BCUT2D eigenvalue weighted by Crippen LogP contribution is 2.22. The first kappa shape index (κ1) is 19.1. The molecule has 9 heteroatoms. The molecule has 0 radical (unpaired) electrons. The maximum absolute atomic E-state index is 13.9. The first-order chi connectivity index (χ1) is 12.3. The number of carbonyl (C=O) groups is 1. The van der Waals surface area contributed by atoms with E-state index in [9.17, 15) is 17.6 Å². The lowest BCUT2D eigenvalue weighted by Crippen LogP contribution is -2.50. The van der Waals surface area contributed by atoms with E-state index in [1.54, 1.807) is 0 Å². The van der Waals surface area contributed by atoms with Crippen molar-refractivity contribution in [3.63, 3.8) is 0 Å². The highest BCUT2D eigenvalue weighted by Gasteiger charge is 2.31. The van der Waals surface area contributed by atoms with Crippen molar-refractivity contribution in [3.05, 3.63) is 63.9 Å². The van der Waals surface area contributed by atoms with Crippen molar-refractivity contribution in [3.8, 4) is 0 Å². The third kappa shape index (κ3) is 3.86. The number of nitrogens with zero attached hydrogens (tertiary/aromatic N) is 2. The first-order valence-electron chi connectivity index (χ1n) is 7.79. The second-order valence-electron chi connectivity index (χ2n) is 5.77. The van der Waals surface area contributed by atoms with Crippen molar-refractivity contribution in [1.82, 2.24) is 9.21 Å². The molecule has 0 spiro atoms. The van der Waals surface area contributed by atoms with Gasteiger partial charge in [-0.1, -0.05) is 23.2 Å². The molecule has 1 aliphatic heterocycles. The minimum Gasteiger partial charge on any atom is -0.336 e. The van der Waals surface area contributed by atoms with Gasteiger partial charge in [0.25, 0.3) is 5.91 Å². The summed E-state index contributed by atoms with van der Waals surface area (Å²) in [7, 11) is -3.67. The number of amides is 1. The molecule has 26 heavy (non-hydrogen) atoms. The van der Waals surface area contributed by atoms with Gasteiger partial charge in [-0.25, -0.2) is 12.8 Å². The zero-order valence-electron chi connectivity index (χ0n) is 13.5. The van der Waals surface area contributed by atoms with E-state index < -0.39 is 21.7 Å². The molecule has 1 heterocycles. The second kappa shape index (κ2) is 7.52. The molecule has 0 atom stereocenters. The van der Waals surface area contributed by atoms with Crippen LogP contribution in [0.1, 0.15) is 10.4 Å². The van der Waals surface area contributed by atoms with Crippen LogP contribution in [0.15, 0.2) is 47.4 Å². The van der Waals surface area contributed by atoms with Gasteiger partial charge in [-0.2, -0.15) is 4.31 Å². The van der Waals surface area contributed by atoms with Gasteiger partial charge in [-0.15, -0.1) is 0 Å². The van der Waals surface area contributed by atoms with Gasteiger partial charge < -0.3 is 4.90 Å². The first-order valence-corrected chi connectivity index (χ1v) is 9.99. The lowest BCUT2D eigenvalue weighted by Gasteiger charge is -2.34. The van der Waals surface area contributed by atoms with Crippen LogP contribution in [-0.2, 0) is 10.0 Å². The molecule has 2 aromatic rings. The Kier molecular flexibility index (Phi) is 5.53. The maximum Gasteiger partial charge on any atom is 0.256 e. The number of carbonyl (C=O) groups excluding carboxylic acids is 1. The van der Waals surface area contributed by atoms with Crippen LogP contribution < -0.4 is 0 Å². The van der Waals surface area contributed by atoms with E-state index in [0.717, 1.165) is 6.07 Å². The van der Waals surface area contributed by atoms with E-state index in [-0.39, 0.29) is 41.7 Å². The van der Waals surface area contributed by atoms with Crippen molar-refractivity contribution in [2.45, 2.75) is 4.90 Å². The van der Waals surface area contributed by atoms with Crippen LogP contribution in [0.3, 0.4) is 0 Å². The smallest absolute Gasteiger partial charge is 0.256 e. The molecular weight excluding hydrogens is 402 g/mol. The van der Waals surface area contributed by atoms with Crippen molar-refractivity contribution in [2.24, 2.45) is 0 Å². The summed E-state index contributed by atoms with van der Waals surface area (Å²) in [5.74, 6) is -1.16. The molecule has 5 nitrogen and oxygen atoms in total. The molecule has 0 N–H and O–H groups in total. The second-order valence-corrected chi connectivity index (χ2v) is 8.59. The quantitative estimate of drug-likeness (QED) is 0.771. The van der Waals surface area contributed by atoms with Crippen LogP contribution in [0.5, 0.6) is 0 Å². The standard InChI is InChI=1S/C17H15Cl2FN2O3S/c18-12-1-4-14(5-2-12)26(24,25)22-9-7-21(8-10-22)17(23)15-11-13(19)3-6-16(15)20/h1-6,11H,7-10H2. The molecule has 1 saturated heterocycles. The molecule has 1 amide bonds. The van der Waals surface area contributed by atoms with E-state index in [1.807, 2.05) is 0 Å². The molecular formula is C17H15Cl2FN2O3S. The molecule has 1 aliphatic rings. The summed E-state index contributed by atoms with van der Waals surface area (Å²) in [6.07, 6.45) is 0. The number of piperazine rings is 1. The molecule has 1 fully saturated rings. The highest BCUT2D eigenvalue weighted by molar-refractivity contribution is 7.89. The summed E-state index contributed by atoms with van der Waals surface area (Å²) in [6, 6.07) is 9.68. The van der Waals surface area contributed by atoms with Gasteiger partial charge in [0, 0.05) is 36.2 Å². The summed E-state index contributed by atoms with van der Waals surface area (Å²) in [6.45, 7) is 0.576. The Labute approximate surface area is 161 Å². The van der Waals surface area contributed by atoms with Gasteiger partial charge in [0.15, 0.2) is 0 Å². The summed E-state index contributed by atoms with van der Waals surface area (Å²) in [5.41, 5.74) is -0.119. The summed E-state index contributed by atoms with van der Waals surface area (Å²) in [5, 5.41) is 0.710. The van der Waals surface area contributed by atoms with Crippen LogP contribution in [0.25, 0.3) is 0 Å². The van der Waals surface area contributed by atoms with Crippen LogP contribution >= 0.6 is 23.2 Å². The van der Waals surface area contributed by atoms with E-state index in [1.165, 1.54) is 45.6 Å². The van der Waals surface area contributed by atoms with Gasteiger partial charge in [0.2, 0.25) is 10.0 Å². The number of hydrogen-bond acceptors (Lipinski definition) is 3. The Morgan fingerprint density at radius 3 is 2.12 bits per heavy atom. The Morgan fingerprint density at radius 1 is 0.923 bits per heavy atom. The molecule has 0 unspecified atom stereocenters. The number of halogens is 3. The van der Waals surface area contributed by atoms with Crippen LogP contribution in [0.2, 0.25) is 10.0 Å². The molecule has 2 aromatic carbocycles. The van der Waals surface area contributed by atoms with Gasteiger partial charge in [-0.05, 0) is 42.5 Å². The summed E-state index contributed by atoms with van der Waals surface area (Å²) >= 11 is 11.6. The molecule has 138 valence electrons. The zero-order valence-corrected chi connectivity index (χ0v) is 15.9. The highest BCUT2D eigenvalue weighted by atomic mass is 35.5. The predicted octanol–water partition coefficient (Wildman–Crippen LogP) is 3.28. The van der Waals surface area contributed by atoms with Gasteiger partial charge >= 0.3 is 0 Å². The van der Waals surface area contributed by atoms with Gasteiger partial charge in [0.05, 0.1) is 10.5 Å². The molecule has 0 aromatic heterocycles. The third-order valence-electron chi connectivity index (χ3n) is 4.14. The molecule has 3 rings (SSSR count). The molecule has 0 bridgehead atoms. The monoisotopic (exact) mass is 416 g/mol. The summed E-state index contributed by atoms with van der Waals surface area (Å²) in [4.78, 5) is 14.0.